The van der Waals surface area contributed by atoms with Crippen LogP contribution in [0.4, 0.5) is 15.9 Å². The maximum absolute atomic E-state index is 14.5. The highest BCUT2D eigenvalue weighted by Gasteiger charge is 2.54. The van der Waals surface area contributed by atoms with E-state index in [0.29, 0.717) is 24.0 Å². The molecule has 1 aromatic carbocycles. The molecule has 0 amide bonds. The Balaban J connectivity index is 1.44. The number of hydrogen-bond donors (Lipinski definition) is 2. The Morgan fingerprint density at radius 3 is 2.73 bits per heavy atom. The number of rotatable bonds is 5. The fourth-order valence-electron chi connectivity index (χ4n) is 5.09. The molecule has 3 aromatic rings. The number of nitrogens with one attached hydrogen (secondary N) is 1. The van der Waals surface area contributed by atoms with Gasteiger partial charge < -0.3 is 20.7 Å². The van der Waals surface area contributed by atoms with Gasteiger partial charge in [0.15, 0.2) is 5.75 Å². The highest BCUT2D eigenvalue weighted by molar-refractivity contribution is 8.13. The van der Waals surface area contributed by atoms with Crippen LogP contribution in [0.1, 0.15) is 11.3 Å². The average Bonchev–Trinajstić information content (AvgIpc) is 3.14. The molecule has 2 aliphatic carbocycles. The molecule has 9 heteroatoms. The first-order valence-corrected chi connectivity index (χ1v) is 12.7. The lowest BCUT2D eigenvalue weighted by molar-refractivity contribution is 0.437. The topological polar surface area (TPSA) is 89.2 Å². The Kier molecular flexibility index (Phi) is 4.67. The van der Waals surface area contributed by atoms with Crippen LogP contribution in [-0.4, -0.2) is 53.3 Å². The molecule has 3 atom stereocenters. The van der Waals surface area contributed by atoms with Crippen molar-refractivity contribution in [3.05, 3.63) is 47.7 Å². The van der Waals surface area contributed by atoms with Crippen LogP contribution < -0.4 is 20.7 Å². The van der Waals surface area contributed by atoms with E-state index in [1.54, 1.807) is 25.5 Å². The predicted octanol–water partition coefficient (Wildman–Crippen LogP) is 3.50. The van der Waals surface area contributed by atoms with Gasteiger partial charge in [0.05, 0.1) is 11.9 Å². The van der Waals surface area contributed by atoms with E-state index in [4.69, 9.17) is 20.4 Å². The van der Waals surface area contributed by atoms with Crippen molar-refractivity contribution >= 4 is 27.9 Å². The van der Waals surface area contributed by atoms with E-state index in [0.717, 1.165) is 51.9 Å². The number of hydrogen-bond acceptors (Lipinski definition) is 7. The monoisotopic (exact) mass is 464 g/mol. The van der Waals surface area contributed by atoms with Crippen molar-refractivity contribution in [3.8, 4) is 22.9 Å². The molecule has 0 radical (unpaired) electrons. The minimum absolute atomic E-state index is 0.185. The zero-order valence-electron chi connectivity index (χ0n) is 18.5. The largest absolute Gasteiger partial charge is 0.423 e. The Bertz CT molecular complexity index is 1300. The second kappa shape index (κ2) is 7.50. The summed E-state index contributed by atoms with van der Waals surface area (Å²) in [5, 5.41) is 3.12. The summed E-state index contributed by atoms with van der Waals surface area (Å²) in [6, 6.07) is 5.57. The normalized spacial score (nSPS) is 23.0. The molecular weight excluding hydrogens is 439 g/mol. The number of halogens is 1. The molecule has 1 saturated heterocycles. The minimum Gasteiger partial charge on any atom is -0.423 e. The lowest BCUT2D eigenvalue weighted by Gasteiger charge is -2.23. The molecule has 3 unspecified atom stereocenters. The molecule has 3 aliphatic rings. The Morgan fingerprint density at radius 2 is 2.00 bits per heavy atom. The zero-order chi connectivity index (χ0) is 22.9. The second-order valence-electron chi connectivity index (χ2n) is 8.96. The van der Waals surface area contributed by atoms with Crippen LogP contribution in [0.15, 0.2) is 35.5 Å². The van der Waals surface area contributed by atoms with E-state index in [1.165, 1.54) is 6.07 Å². The fraction of sp³-hybridized carbons (Fsp3) is 0.333. The first-order valence-electron chi connectivity index (χ1n) is 10.9. The van der Waals surface area contributed by atoms with Gasteiger partial charge in [-0.25, -0.2) is 4.39 Å². The average molecular weight is 465 g/mol. The van der Waals surface area contributed by atoms with Gasteiger partial charge in [-0.15, -0.1) is 0 Å². The third kappa shape index (κ3) is 3.38. The zero-order valence-corrected chi connectivity index (χ0v) is 19.3. The molecule has 0 bridgehead atoms. The summed E-state index contributed by atoms with van der Waals surface area (Å²) in [5.74, 6) is 6.14. The molecule has 0 spiro atoms. The molecule has 2 aromatic heterocycles. The molecule has 170 valence electrons. The predicted molar refractivity (Wildman–Crippen MR) is 130 cm³/mol. The quantitative estimate of drug-likeness (QED) is 0.437. The smallest absolute Gasteiger partial charge is 0.324 e. The fourth-order valence-corrected chi connectivity index (χ4v) is 5.65. The summed E-state index contributed by atoms with van der Waals surface area (Å²) in [5.41, 5.74) is 10.5. The number of aromatic nitrogens is 3. The number of piperidine rings is 1. The molecule has 1 aliphatic heterocycles. The molecule has 7 nitrogen and oxygen atoms in total. The third-order valence-corrected chi connectivity index (χ3v) is 7.93. The van der Waals surface area contributed by atoms with Crippen LogP contribution in [0, 0.1) is 17.7 Å². The number of nitrogens with zero attached hydrogens (tertiary/aromatic N) is 4. The summed E-state index contributed by atoms with van der Waals surface area (Å²) in [7, 11) is 1.62. The van der Waals surface area contributed by atoms with Crippen molar-refractivity contribution in [3.63, 3.8) is 0 Å². The summed E-state index contributed by atoms with van der Waals surface area (Å²) < 4.78 is 20.5. The summed E-state index contributed by atoms with van der Waals surface area (Å²) in [4.78, 5) is 17.1. The molecule has 2 fully saturated rings. The van der Waals surface area contributed by atoms with Gasteiger partial charge in [0.25, 0.3) is 0 Å². The van der Waals surface area contributed by atoms with Gasteiger partial charge in [0, 0.05) is 54.9 Å². The Labute approximate surface area is 194 Å². The van der Waals surface area contributed by atoms with Gasteiger partial charge in [-0.2, -0.15) is 20.5 Å². The van der Waals surface area contributed by atoms with Gasteiger partial charge in [0.2, 0.25) is 0 Å². The van der Waals surface area contributed by atoms with E-state index in [2.05, 4.69) is 21.1 Å². The van der Waals surface area contributed by atoms with Gasteiger partial charge in [-0.1, -0.05) is 5.87 Å². The van der Waals surface area contributed by atoms with Crippen molar-refractivity contribution < 1.29 is 9.13 Å². The number of fused-ring (bicyclic) bond motifs is 4. The van der Waals surface area contributed by atoms with Gasteiger partial charge >= 0.3 is 6.01 Å². The van der Waals surface area contributed by atoms with Crippen LogP contribution in [0.25, 0.3) is 11.1 Å². The van der Waals surface area contributed by atoms with Crippen molar-refractivity contribution in [2.45, 2.75) is 17.4 Å². The van der Waals surface area contributed by atoms with Gasteiger partial charge in [0.1, 0.15) is 11.6 Å². The van der Waals surface area contributed by atoms with Crippen LogP contribution in [0.2, 0.25) is 0 Å². The molecule has 3 N–H and O–H groups in total. The highest BCUT2D eigenvalue weighted by atomic mass is 32.2. The third-order valence-electron chi connectivity index (χ3n) is 6.90. The summed E-state index contributed by atoms with van der Waals surface area (Å²) >= 11 is 0. The summed E-state index contributed by atoms with van der Waals surface area (Å²) in [6.07, 6.45) is 6.06. The first-order chi connectivity index (χ1) is 15.9. The van der Waals surface area contributed by atoms with E-state index < -0.39 is 0 Å². The van der Waals surface area contributed by atoms with Crippen LogP contribution in [0.3, 0.4) is 0 Å². The van der Waals surface area contributed by atoms with Crippen LogP contribution >= 0.6 is 10.5 Å². The highest BCUT2D eigenvalue weighted by Crippen LogP contribution is 2.50. The molecule has 1 saturated carbocycles. The Hall–Kier alpha value is -3.04. The first kappa shape index (κ1) is 20.6. The van der Waals surface area contributed by atoms with E-state index in [1.807, 2.05) is 12.3 Å². The Morgan fingerprint density at radius 1 is 1.21 bits per heavy atom. The molecule has 3 heterocycles. The van der Waals surface area contributed by atoms with Crippen molar-refractivity contribution in [2.75, 3.05) is 36.6 Å². The number of benzene rings is 1. The van der Waals surface area contributed by atoms with Crippen LogP contribution in [0.5, 0.6) is 11.8 Å². The standard InChI is InChI=1S/C24H25FN6OS/c1-27-19-5-12(25)4-16-15(19)7-20-21(16)23(31-10-17-18(11-31)22(17)26)30-24(29-20)32-13-6-14(33(2)3)9-28-8-13/h4-6,8-9,17-18,22,27H,2,7,10-11,26H2,1,3H3. The number of ether oxygens (including phenoxy) is 1. The molecule has 6 rings (SSSR count). The van der Waals surface area contributed by atoms with Crippen molar-refractivity contribution in [1.82, 2.24) is 15.0 Å². The van der Waals surface area contributed by atoms with Gasteiger partial charge in [-0.05, 0) is 47.4 Å². The number of pyridine rings is 1. The van der Waals surface area contributed by atoms with E-state index in [9.17, 15) is 4.39 Å². The van der Waals surface area contributed by atoms with Crippen molar-refractivity contribution in [2.24, 2.45) is 17.6 Å². The maximum Gasteiger partial charge on any atom is 0.324 e. The van der Waals surface area contributed by atoms with E-state index >= 15 is 0 Å². The minimum atomic E-state index is -0.283. The maximum atomic E-state index is 14.5. The molecule has 33 heavy (non-hydrogen) atoms. The number of nitrogens with two attached hydrogens (primary N) is 1. The lowest BCUT2D eigenvalue weighted by atomic mass is 10.0. The SMILES string of the molecule is C=S(C)c1cncc(Oc2nc3c(c(N4CC5C(N)C5C4)n2)-c2cc(F)cc(NC)c2C3)c1. The number of anilines is 2. The lowest BCUT2D eigenvalue weighted by Crippen LogP contribution is -2.29. The van der Waals surface area contributed by atoms with Crippen LogP contribution in [-0.2, 0) is 6.42 Å². The second-order valence-corrected chi connectivity index (χ2v) is 10.7. The van der Waals surface area contributed by atoms with Gasteiger partial charge in [-0.3, -0.25) is 4.98 Å². The van der Waals surface area contributed by atoms with E-state index in [-0.39, 0.29) is 28.4 Å². The molecular formula is C24H25FN6OS. The van der Waals surface area contributed by atoms with Crippen molar-refractivity contribution in [1.29, 1.82) is 0 Å². The summed E-state index contributed by atoms with van der Waals surface area (Å²) in [6.45, 7) is 1.69.